The van der Waals surface area contributed by atoms with Crippen LogP contribution in [0.1, 0.15) is 18.7 Å². The van der Waals surface area contributed by atoms with Crippen molar-refractivity contribution in [2.24, 2.45) is 18.2 Å². The number of thiophene rings is 1. The number of aryl methyl sites for hydroxylation is 1. The van der Waals surface area contributed by atoms with Crippen molar-refractivity contribution in [2.45, 2.75) is 20.4 Å². The molecule has 0 atom stereocenters. The van der Waals surface area contributed by atoms with E-state index in [1.807, 2.05) is 29.3 Å². The third kappa shape index (κ3) is 3.91. The van der Waals surface area contributed by atoms with E-state index >= 15 is 0 Å². The summed E-state index contributed by atoms with van der Waals surface area (Å²) in [6.07, 6.45) is 3.97. The smallest absolute Gasteiger partial charge is 0.0576 e. The van der Waals surface area contributed by atoms with Gasteiger partial charge in [-0.1, -0.05) is 13.8 Å². The zero-order valence-electron chi connectivity index (χ0n) is 12.8. The molecule has 2 rings (SSSR count). The molecule has 0 fully saturated rings. The second-order valence-electron chi connectivity index (χ2n) is 6.21. The molecule has 0 bridgehead atoms. The molecule has 2 aromatic heterocycles. The molecule has 4 nitrogen and oxygen atoms in total. The first-order valence-corrected chi connectivity index (χ1v) is 7.67. The zero-order chi connectivity index (χ0) is 14.8. The van der Waals surface area contributed by atoms with Crippen molar-refractivity contribution in [1.29, 1.82) is 0 Å². The van der Waals surface area contributed by atoms with E-state index in [2.05, 4.69) is 49.2 Å². The van der Waals surface area contributed by atoms with E-state index in [1.54, 1.807) is 0 Å². The lowest BCUT2D eigenvalue weighted by Crippen LogP contribution is -2.36. The fraction of sp³-hybridized carbons (Fsp3) is 0.533. The van der Waals surface area contributed by atoms with Crippen LogP contribution in [-0.4, -0.2) is 34.8 Å². The molecule has 2 N–H and O–H groups in total. The minimum Gasteiger partial charge on any atom is -0.330 e. The van der Waals surface area contributed by atoms with Gasteiger partial charge in [0.05, 0.1) is 6.20 Å². The lowest BCUT2D eigenvalue weighted by Gasteiger charge is -2.28. The maximum absolute atomic E-state index is 5.80. The molecule has 0 amide bonds. The number of rotatable bonds is 6. The molecule has 0 radical (unpaired) electrons. The lowest BCUT2D eigenvalue weighted by molar-refractivity contribution is 0.211. The fourth-order valence-electron chi connectivity index (χ4n) is 2.28. The Morgan fingerprint density at radius 1 is 1.40 bits per heavy atom. The Bertz CT molecular complexity index is 556. The molecule has 0 aliphatic carbocycles. The Morgan fingerprint density at radius 3 is 2.75 bits per heavy atom. The van der Waals surface area contributed by atoms with E-state index in [9.17, 15) is 0 Å². The van der Waals surface area contributed by atoms with Gasteiger partial charge < -0.3 is 10.6 Å². The van der Waals surface area contributed by atoms with Gasteiger partial charge in [-0.05, 0) is 31.1 Å². The molecule has 0 spiro atoms. The predicted molar refractivity (Wildman–Crippen MR) is 85.7 cm³/mol. The molecule has 0 aliphatic heterocycles. The van der Waals surface area contributed by atoms with Gasteiger partial charge in [-0.3, -0.25) is 4.68 Å². The van der Waals surface area contributed by atoms with Gasteiger partial charge in [-0.2, -0.15) is 5.10 Å². The summed E-state index contributed by atoms with van der Waals surface area (Å²) in [5.41, 5.74) is 7.15. The Kier molecular flexibility index (Phi) is 4.62. The van der Waals surface area contributed by atoms with Gasteiger partial charge in [-0.15, -0.1) is 11.3 Å². The van der Waals surface area contributed by atoms with Crippen molar-refractivity contribution in [3.63, 3.8) is 0 Å². The van der Waals surface area contributed by atoms with Gasteiger partial charge in [0.1, 0.15) is 0 Å². The van der Waals surface area contributed by atoms with Crippen LogP contribution >= 0.6 is 11.3 Å². The summed E-state index contributed by atoms with van der Waals surface area (Å²) in [5.74, 6) is 0. The van der Waals surface area contributed by atoms with Crippen LogP contribution < -0.4 is 5.73 Å². The highest BCUT2D eigenvalue weighted by Gasteiger charge is 2.18. The fourth-order valence-corrected chi connectivity index (χ4v) is 3.35. The van der Waals surface area contributed by atoms with Crippen LogP contribution in [0, 0.1) is 5.41 Å². The van der Waals surface area contributed by atoms with Crippen LogP contribution in [0.2, 0.25) is 0 Å². The molecule has 0 aliphatic rings. The van der Waals surface area contributed by atoms with Crippen LogP contribution in [-0.2, 0) is 13.6 Å². The molecule has 0 unspecified atom stereocenters. The molecule has 2 aromatic rings. The van der Waals surface area contributed by atoms with Crippen LogP contribution in [0.5, 0.6) is 0 Å². The minimum atomic E-state index is 0.165. The number of nitrogens with two attached hydrogens (primary N) is 1. The Morgan fingerprint density at radius 2 is 2.15 bits per heavy atom. The summed E-state index contributed by atoms with van der Waals surface area (Å²) < 4.78 is 1.84. The Hall–Kier alpha value is -1.17. The first kappa shape index (κ1) is 15.2. The largest absolute Gasteiger partial charge is 0.330 e. The topological polar surface area (TPSA) is 47.1 Å². The van der Waals surface area contributed by atoms with Gasteiger partial charge in [0, 0.05) is 41.7 Å². The highest BCUT2D eigenvalue weighted by Crippen LogP contribution is 2.28. The van der Waals surface area contributed by atoms with Crippen LogP contribution in [0.4, 0.5) is 0 Å². The third-order valence-electron chi connectivity index (χ3n) is 3.33. The summed E-state index contributed by atoms with van der Waals surface area (Å²) >= 11 is 1.83. The summed E-state index contributed by atoms with van der Waals surface area (Å²) in [6.45, 7) is 7.10. The van der Waals surface area contributed by atoms with Gasteiger partial charge in [0.15, 0.2) is 0 Å². The van der Waals surface area contributed by atoms with E-state index in [0.29, 0.717) is 6.54 Å². The number of nitrogens with zero attached hydrogens (tertiary/aromatic N) is 3. The van der Waals surface area contributed by atoms with Crippen molar-refractivity contribution in [3.8, 4) is 10.4 Å². The second kappa shape index (κ2) is 6.08. The van der Waals surface area contributed by atoms with Crippen molar-refractivity contribution in [1.82, 2.24) is 14.7 Å². The quantitative estimate of drug-likeness (QED) is 0.890. The SMILES string of the molecule is CN(Cc1ccc(-c2cnn(C)c2)s1)CC(C)(C)CN. The van der Waals surface area contributed by atoms with Gasteiger partial charge >= 0.3 is 0 Å². The molecule has 0 saturated heterocycles. The van der Waals surface area contributed by atoms with Crippen molar-refractivity contribution in [2.75, 3.05) is 20.1 Å². The lowest BCUT2D eigenvalue weighted by atomic mass is 9.93. The van der Waals surface area contributed by atoms with Crippen molar-refractivity contribution < 1.29 is 0 Å². The highest BCUT2D eigenvalue weighted by molar-refractivity contribution is 7.15. The maximum Gasteiger partial charge on any atom is 0.0576 e. The second-order valence-corrected chi connectivity index (χ2v) is 7.38. The number of hydrogen-bond acceptors (Lipinski definition) is 4. The van der Waals surface area contributed by atoms with Crippen molar-refractivity contribution in [3.05, 3.63) is 29.4 Å². The molecule has 5 heteroatoms. The van der Waals surface area contributed by atoms with Crippen LogP contribution in [0.15, 0.2) is 24.5 Å². The van der Waals surface area contributed by atoms with Crippen LogP contribution in [0.25, 0.3) is 10.4 Å². The zero-order valence-corrected chi connectivity index (χ0v) is 13.6. The number of aromatic nitrogens is 2. The van der Waals surface area contributed by atoms with E-state index in [1.165, 1.54) is 15.3 Å². The molecular weight excluding hydrogens is 268 g/mol. The summed E-state index contributed by atoms with van der Waals surface area (Å²) in [7, 11) is 4.10. The number of hydrogen-bond donors (Lipinski definition) is 1. The first-order valence-electron chi connectivity index (χ1n) is 6.86. The third-order valence-corrected chi connectivity index (χ3v) is 4.45. The van der Waals surface area contributed by atoms with Gasteiger partial charge in [0.2, 0.25) is 0 Å². The predicted octanol–water partition coefficient (Wildman–Crippen LogP) is 2.57. The average molecular weight is 292 g/mol. The molecule has 110 valence electrons. The first-order chi connectivity index (χ1) is 9.39. The summed E-state index contributed by atoms with van der Waals surface area (Å²) in [5, 5.41) is 4.22. The van der Waals surface area contributed by atoms with E-state index in [4.69, 9.17) is 5.73 Å². The molecule has 20 heavy (non-hydrogen) atoms. The molecule has 0 aromatic carbocycles. The minimum absolute atomic E-state index is 0.165. The van der Waals surface area contributed by atoms with E-state index in [-0.39, 0.29) is 5.41 Å². The normalized spacial score (nSPS) is 12.3. The highest BCUT2D eigenvalue weighted by atomic mass is 32.1. The summed E-state index contributed by atoms with van der Waals surface area (Å²) in [4.78, 5) is 4.99. The Labute approximate surface area is 125 Å². The molecule has 2 heterocycles. The molecular formula is C15H24N4S. The monoisotopic (exact) mass is 292 g/mol. The van der Waals surface area contributed by atoms with E-state index in [0.717, 1.165) is 13.1 Å². The Balaban J connectivity index is 1.99. The van der Waals surface area contributed by atoms with Gasteiger partial charge in [0.25, 0.3) is 0 Å². The molecule has 0 saturated carbocycles. The maximum atomic E-state index is 5.80. The van der Waals surface area contributed by atoms with Crippen molar-refractivity contribution >= 4 is 11.3 Å². The van der Waals surface area contributed by atoms with Crippen LogP contribution in [0.3, 0.4) is 0 Å². The average Bonchev–Trinajstić information content (AvgIpc) is 2.97. The van der Waals surface area contributed by atoms with E-state index < -0.39 is 0 Å². The van der Waals surface area contributed by atoms with Gasteiger partial charge in [-0.25, -0.2) is 0 Å². The summed E-state index contributed by atoms with van der Waals surface area (Å²) in [6, 6.07) is 4.39. The standard InChI is InChI=1S/C15H24N4S/c1-15(2,10-16)11-18(3)9-13-5-6-14(20-13)12-7-17-19(4)8-12/h5-8H,9-11,16H2,1-4H3.